The smallest absolute Gasteiger partial charge is 0.0659 e. The molecule has 0 aliphatic heterocycles. The summed E-state index contributed by atoms with van der Waals surface area (Å²) in [5.74, 6) is 0. The van der Waals surface area contributed by atoms with Crippen molar-refractivity contribution in [3.63, 3.8) is 0 Å². The van der Waals surface area contributed by atoms with Gasteiger partial charge >= 0.3 is 0 Å². The molecule has 0 aliphatic carbocycles. The Hall–Kier alpha value is -2.49. The molecule has 0 unspecified atom stereocenters. The lowest BCUT2D eigenvalue weighted by molar-refractivity contribution is 0.687. The van der Waals surface area contributed by atoms with Crippen molar-refractivity contribution in [3.05, 3.63) is 72.3 Å². The van der Waals surface area contributed by atoms with E-state index in [1.807, 2.05) is 24.0 Å². The van der Waals surface area contributed by atoms with Crippen LogP contribution in [-0.4, -0.2) is 14.3 Å². The van der Waals surface area contributed by atoms with Gasteiger partial charge in [-0.1, -0.05) is 12.1 Å². The minimum absolute atomic E-state index is 0.811. The van der Waals surface area contributed by atoms with Crippen LogP contribution in [0.25, 0.3) is 0 Å². The Labute approximate surface area is 118 Å². The third-order valence-electron chi connectivity index (χ3n) is 3.25. The molecule has 2 aromatic heterocycles. The predicted octanol–water partition coefficient (Wildman–Crippen LogP) is 2.88. The summed E-state index contributed by atoms with van der Waals surface area (Å²) in [4.78, 5) is 0. The molecule has 3 aromatic rings. The molecular formula is C16H18N4. The molecular weight excluding hydrogens is 248 g/mol. The highest BCUT2D eigenvalue weighted by Crippen LogP contribution is 2.12. The van der Waals surface area contributed by atoms with Gasteiger partial charge in [0.1, 0.15) is 0 Å². The van der Waals surface area contributed by atoms with Crippen LogP contribution in [-0.2, 0) is 20.1 Å². The van der Waals surface area contributed by atoms with E-state index in [9.17, 15) is 0 Å². The molecule has 0 radical (unpaired) electrons. The number of rotatable bonds is 5. The second kappa shape index (κ2) is 5.65. The second-order valence-electron chi connectivity index (χ2n) is 4.94. The summed E-state index contributed by atoms with van der Waals surface area (Å²) in [6.45, 7) is 1.66. The molecule has 102 valence electrons. The number of nitrogens with one attached hydrogen (secondary N) is 1. The van der Waals surface area contributed by atoms with Gasteiger partial charge in [0.05, 0.1) is 6.54 Å². The number of aromatic nitrogens is 3. The maximum atomic E-state index is 4.21. The van der Waals surface area contributed by atoms with Crippen LogP contribution in [0, 0.1) is 0 Å². The average Bonchev–Trinajstić information content (AvgIpc) is 3.10. The molecule has 20 heavy (non-hydrogen) atoms. The molecule has 1 N–H and O–H groups in total. The summed E-state index contributed by atoms with van der Waals surface area (Å²) >= 11 is 0. The van der Waals surface area contributed by atoms with Gasteiger partial charge in [-0.05, 0) is 35.4 Å². The Kier molecular flexibility index (Phi) is 3.54. The second-order valence-corrected chi connectivity index (χ2v) is 4.94. The predicted molar refractivity (Wildman–Crippen MR) is 80.5 cm³/mol. The summed E-state index contributed by atoms with van der Waals surface area (Å²) in [5.41, 5.74) is 3.67. The summed E-state index contributed by atoms with van der Waals surface area (Å²) in [6.07, 6.45) is 7.96. The lowest BCUT2D eigenvalue weighted by atomic mass is 10.2. The molecule has 0 amide bonds. The van der Waals surface area contributed by atoms with Crippen LogP contribution in [0.5, 0.6) is 0 Å². The summed E-state index contributed by atoms with van der Waals surface area (Å²) in [6, 6.07) is 12.6. The molecule has 0 bridgehead atoms. The molecule has 4 heteroatoms. The largest absolute Gasteiger partial charge is 0.381 e. The Bertz CT molecular complexity index is 650. The van der Waals surface area contributed by atoms with E-state index in [1.165, 1.54) is 11.1 Å². The molecule has 0 spiro atoms. The molecule has 0 saturated heterocycles. The van der Waals surface area contributed by atoms with Gasteiger partial charge in [-0.3, -0.25) is 4.68 Å². The van der Waals surface area contributed by atoms with E-state index in [0.29, 0.717) is 0 Å². The van der Waals surface area contributed by atoms with Crippen molar-refractivity contribution in [3.8, 4) is 0 Å². The minimum Gasteiger partial charge on any atom is -0.381 e. The number of nitrogens with zero attached hydrogens (tertiary/aromatic N) is 3. The third-order valence-corrected chi connectivity index (χ3v) is 3.25. The topological polar surface area (TPSA) is 34.8 Å². The Morgan fingerprint density at radius 2 is 1.90 bits per heavy atom. The van der Waals surface area contributed by atoms with Crippen molar-refractivity contribution in [1.29, 1.82) is 0 Å². The Morgan fingerprint density at radius 3 is 2.55 bits per heavy atom. The number of aryl methyl sites for hydroxylation is 1. The summed E-state index contributed by atoms with van der Waals surface area (Å²) in [7, 11) is 2.04. The quantitative estimate of drug-likeness (QED) is 0.770. The van der Waals surface area contributed by atoms with Gasteiger partial charge in [0, 0.05) is 44.1 Å². The van der Waals surface area contributed by atoms with Crippen LogP contribution in [0.3, 0.4) is 0 Å². The van der Waals surface area contributed by atoms with E-state index in [-0.39, 0.29) is 0 Å². The van der Waals surface area contributed by atoms with Gasteiger partial charge in [-0.25, -0.2) is 0 Å². The molecule has 3 rings (SSSR count). The van der Waals surface area contributed by atoms with Crippen molar-refractivity contribution in [2.75, 3.05) is 5.32 Å². The molecule has 0 aliphatic rings. The Balaban J connectivity index is 1.58. The number of anilines is 1. The normalized spacial score (nSPS) is 10.7. The van der Waals surface area contributed by atoms with Gasteiger partial charge in [0.25, 0.3) is 0 Å². The summed E-state index contributed by atoms with van der Waals surface area (Å²) in [5, 5.41) is 7.64. The van der Waals surface area contributed by atoms with Crippen LogP contribution >= 0.6 is 0 Å². The van der Waals surface area contributed by atoms with E-state index in [4.69, 9.17) is 0 Å². The highest BCUT2D eigenvalue weighted by atomic mass is 15.3. The molecule has 2 heterocycles. The van der Waals surface area contributed by atoms with E-state index in [2.05, 4.69) is 57.7 Å². The van der Waals surface area contributed by atoms with E-state index in [1.54, 1.807) is 6.20 Å². The van der Waals surface area contributed by atoms with Gasteiger partial charge in [0.2, 0.25) is 0 Å². The Morgan fingerprint density at radius 1 is 1.05 bits per heavy atom. The SMILES string of the molecule is Cn1ccc(CNc2ccc(Cn3cccn3)cc2)c1. The fourth-order valence-corrected chi connectivity index (χ4v) is 2.18. The number of benzene rings is 1. The molecule has 0 saturated carbocycles. The zero-order chi connectivity index (χ0) is 13.8. The number of hydrogen-bond donors (Lipinski definition) is 1. The first-order valence-corrected chi connectivity index (χ1v) is 6.71. The third kappa shape index (κ3) is 3.09. The van der Waals surface area contributed by atoms with Crippen molar-refractivity contribution >= 4 is 5.69 Å². The lowest BCUT2D eigenvalue weighted by Crippen LogP contribution is -2.01. The minimum atomic E-state index is 0.811. The average molecular weight is 266 g/mol. The van der Waals surface area contributed by atoms with Crippen LogP contribution < -0.4 is 5.32 Å². The van der Waals surface area contributed by atoms with Crippen molar-refractivity contribution in [1.82, 2.24) is 14.3 Å². The van der Waals surface area contributed by atoms with Crippen molar-refractivity contribution in [2.45, 2.75) is 13.1 Å². The molecule has 0 fully saturated rings. The zero-order valence-electron chi connectivity index (χ0n) is 11.5. The van der Waals surface area contributed by atoms with Crippen LogP contribution in [0.2, 0.25) is 0 Å². The monoisotopic (exact) mass is 266 g/mol. The molecule has 1 aromatic carbocycles. The maximum Gasteiger partial charge on any atom is 0.0659 e. The lowest BCUT2D eigenvalue weighted by Gasteiger charge is -2.07. The fraction of sp³-hybridized carbons (Fsp3) is 0.188. The maximum absolute atomic E-state index is 4.21. The standard InChI is InChI=1S/C16H18N4/c1-19-10-7-15(12-19)11-17-16-5-3-14(4-6-16)13-20-9-2-8-18-20/h2-10,12,17H,11,13H2,1H3. The first-order chi connectivity index (χ1) is 9.79. The fourth-order valence-electron chi connectivity index (χ4n) is 2.18. The molecule has 0 atom stereocenters. The van der Waals surface area contributed by atoms with Crippen LogP contribution in [0.1, 0.15) is 11.1 Å². The van der Waals surface area contributed by atoms with Gasteiger partial charge in [0.15, 0.2) is 0 Å². The van der Waals surface area contributed by atoms with Crippen LogP contribution in [0.4, 0.5) is 5.69 Å². The van der Waals surface area contributed by atoms with Gasteiger partial charge in [-0.2, -0.15) is 5.10 Å². The first-order valence-electron chi connectivity index (χ1n) is 6.71. The van der Waals surface area contributed by atoms with Gasteiger partial charge < -0.3 is 9.88 Å². The van der Waals surface area contributed by atoms with E-state index in [0.717, 1.165) is 18.8 Å². The van der Waals surface area contributed by atoms with E-state index >= 15 is 0 Å². The van der Waals surface area contributed by atoms with Crippen molar-refractivity contribution in [2.24, 2.45) is 7.05 Å². The van der Waals surface area contributed by atoms with Gasteiger partial charge in [-0.15, -0.1) is 0 Å². The van der Waals surface area contributed by atoms with Crippen molar-refractivity contribution < 1.29 is 0 Å². The van der Waals surface area contributed by atoms with E-state index < -0.39 is 0 Å². The highest BCUT2D eigenvalue weighted by molar-refractivity contribution is 5.45. The summed E-state index contributed by atoms with van der Waals surface area (Å²) < 4.78 is 3.98. The first kappa shape index (κ1) is 12.5. The van der Waals surface area contributed by atoms with Crippen LogP contribution in [0.15, 0.2) is 61.2 Å². The molecule has 4 nitrogen and oxygen atoms in total. The number of hydrogen-bond acceptors (Lipinski definition) is 2. The zero-order valence-corrected chi connectivity index (χ0v) is 11.5. The highest BCUT2D eigenvalue weighted by Gasteiger charge is 1.98.